The fourth-order valence-corrected chi connectivity index (χ4v) is 77.3. The Hall–Kier alpha value is 0.440. The molecule has 0 atom stereocenters. The molecule has 0 spiro atoms. The molecule has 0 unspecified atom stereocenters. The van der Waals surface area contributed by atoms with Crippen LogP contribution in [0.4, 0.5) is 0 Å². The zero-order valence-corrected chi connectivity index (χ0v) is 25.8. The minimum Gasteiger partial charge on any atom is -0.147 e. The Labute approximate surface area is 175 Å². The molecule has 1 aromatic rings. The minimum atomic E-state index is -5.94. The molecule has 5 heteroatoms. The number of H-pyrrole nitrogens is 1. The van der Waals surface area contributed by atoms with E-state index in [1.165, 1.54) is 3.40 Å². The molecule has 1 nitrogen and oxygen atoms in total. The average molecular weight is 529 g/mol. The first-order chi connectivity index (χ1) is 11.0. The molecule has 0 aliphatic heterocycles. The number of aromatic amines is 1. The summed E-state index contributed by atoms with van der Waals surface area (Å²) >= 11 is -5.94. The molecule has 0 bridgehead atoms. The van der Waals surface area contributed by atoms with E-state index in [4.69, 9.17) is 0 Å². The summed E-state index contributed by atoms with van der Waals surface area (Å²) < 4.78 is 14.6. The van der Waals surface area contributed by atoms with Gasteiger partial charge < -0.3 is 0 Å². The Morgan fingerprint density at radius 2 is 1.36 bits per heavy atom. The van der Waals surface area contributed by atoms with Crippen LogP contribution < -0.4 is 3.40 Å². The van der Waals surface area contributed by atoms with Crippen molar-refractivity contribution in [1.29, 1.82) is 0 Å². The van der Waals surface area contributed by atoms with Crippen molar-refractivity contribution in [3.8, 4) is 0 Å². The van der Waals surface area contributed by atoms with Gasteiger partial charge in [-0.15, -0.1) is 24.8 Å². The van der Waals surface area contributed by atoms with E-state index in [1.54, 1.807) is 3.28 Å². The molecule has 0 saturated carbocycles. The second kappa shape index (κ2) is 4.48. The first-order valence-electron chi connectivity index (χ1n) is 10.7. The van der Waals surface area contributed by atoms with Gasteiger partial charge in [0.2, 0.25) is 0 Å². The van der Waals surface area contributed by atoms with E-state index in [9.17, 15) is 0 Å². The Bertz CT molecular complexity index is 919. The Morgan fingerprint density at radius 3 is 1.61 bits per heavy atom. The van der Waals surface area contributed by atoms with E-state index in [0.29, 0.717) is 0 Å². The second-order valence-corrected chi connectivity index (χ2v) is 106. The zero-order valence-electron chi connectivity index (χ0n) is 20.6. The molecule has 0 radical (unpaired) electrons. The van der Waals surface area contributed by atoms with Crippen molar-refractivity contribution in [3.05, 3.63) is 39.8 Å². The van der Waals surface area contributed by atoms with E-state index < -0.39 is 17.9 Å². The molecule has 167 valence electrons. The van der Waals surface area contributed by atoms with Crippen molar-refractivity contribution >= 4 is 34.1 Å². The van der Waals surface area contributed by atoms with Gasteiger partial charge in [0.25, 0.3) is 0 Å². The number of hydrogen-bond donors (Lipinski definition) is 1. The van der Waals surface area contributed by atoms with Crippen LogP contribution in [-0.2, 0) is 12.0 Å². The van der Waals surface area contributed by atoms with Gasteiger partial charge in [-0.1, -0.05) is 0 Å². The van der Waals surface area contributed by atoms with E-state index in [2.05, 4.69) is 115 Å². The predicted molar refractivity (Wildman–Crippen MR) is 139 cm³/mol. The predicted octanol–water partition coefficient (Wildman–Crippen LogP) is 8.77. The quantitative estimate of drug-likeness (QED) is 0.377. The summed E-state index contributed by atoms with van der Waals surface area (Å²) in [5, 5.41) is 0. The van der Waals surface area contributed by atoms with Crippen molar-refractivity contribution in [2.75, 3.05) is 0 Å². The summed E-state index contributed by atoms with van der Waals surface area (Å²) in [7, 11) is 0. The van der Waals surface area contributed by atoms with Crippen LogP contribution in [0, 0.1) is 0 Å². The summed E-state index contributed by atoms with van der Waals surface area (Å²) in [5.41, 5.74) is 0. The third kappa shape index (κ3) is 1.40. The first-order valence-corrected chi connectivity index (χ1v) is 32.5. The van der Waals surface area contributed by atoms with Crippen molar-refractivity contribution in [2.45, 2.75) is 85.8 Å². The minimum absolute atomic E-state index is 0. The number of halogens is 2. The van der Waals surface area contributed by atoms with Gasteiger partial charge in [0.1, 0.15) is 0 Å². The molecular formula is C23H48Cl2NSiZr. The van der Waals surface area contributed by atoms with E-state index in [1.807, 2.05) is 0 Å². The van der Waals surface area contributed by atoms with Crippen LogP contribution in [0.15, 0.2) is 39.8 Å². The summed E-state index contributed by atoms with van der Waals surface area (Å²) in [4.78, 5) is 3.89. The molecule has 1 aromatic heterocycles. The molecule has 1 heterocycles. The average Bonchev–Trinajstić information content (AvgIpc) is 3.12. The van der Waals surface area contributed by atoms with Crippen molar-refractivity contribution < 1.29 is 12.0 Å². The third-order valence-electron chi connectivity index (χ3n) is 17.5. The molecule has 28 heavy (non-hydrogen) atoms. The fraction of sp³-hybridized carbons (Fsp3) is 0.652. The normalized spacial score (nSPS) is 22.9. The Kier molecular flexibility index (Phi) is 4.55. The van der Waals surface area contributed by atoms with Crippen LogP contribution in [-0.4, -0.2) is 10.9 Å². The van der Waals surface area contributed by atoms with Gasteiger partial charge in [-0.05, 0) is 0 Å². The zero-order chi connectivity index (χ0) is 20.7. The number of nitrogens with one attached hydrogen (secondary N) is 1. The van der Waals surface area contributed by atoms with Gasteiger partial charge in [0.05, 0.1) is 0 Å². The van der Waals surface area contributed by atoms with Crippen LogP contribution in [0.1, 0.15) is 48.0 Å². The van der Waals surface area contributed by atoms with Crippen LogP contribution in [0.2, 0.25) is 37.9 Å². The summed E-state index contributed by atoms with van der Waals surface area (Å²) in [6.45, 7) is 20.6. The van der Waals surface area contributed by atoms with Gasteiger partial charge in [-0.2, -0.15) is 0 Å². The van der Waals surface area contributed by atoms with Gasteiger partial charge in [0.15, 0.2) is 0 Å². The molecular weight excluding hydrogens is 480 g/mol. The SMILES string of the molecule is C[SiH](C)[Zr]([CH3])([CH3])([CH3])([CH3])([C]1=CC=CC1)([c]1ccc[nH]1)([C](C)(C)C)[C](C)(C)C.Cl.Cl. The van der Waals surface area contributed by atoms with Crippen molar-refractivity contribution in [1.82, 2.24) is 4.98 Å². The maximum absolute atomic E-state index is 5.94. The molecule has 0 saturated heterocycles. The Morgan fingerprint density at radius 1 is 0.893 bits per heavy atom. The Balaban J connectivity index is 0.00000364. The van der Waals surface area contributed by atoms with Gasteiger partial charge in [-0.3, -0.25) is 0 Å². The smallest absolute Gasteiger partial charge is 0.147 e. The fourth-order valence-electron chi connectivity index (χ4n) is 8.33. The van der Waals surface area contributed by atoms with E-state index in [-0.39, 0.29) is 31.1 Å². The molecule has 0 fully saturated rings. The van der Waals surface area contributed by atoms with Gasteiger partial charge in [-0.25, -0.2) is 0 Å². The van der Waals surface area contributed by atoms with Crippen LogP contribution >= 0.6 is 24.8 Å². The molecule has 1 N–H and O–H groups in total. The van der Waals surface area contributed by atoms with Gasteiger partial charge >= 0.3 is 152 Å². The van der Waals surface area contributed by atoms with Crippen LogP contribution in [0.3, 0.4) is 0 Å². The topological polar surface area (TPSA) is 15.8 Å². The third-order valence-corrected chi connectivity index (χ3v) is 154. The maximum Gasteiger partial charge on any atom is -0.147 e. The largest absolute Gasteiger partial charge is 0.147 e. The van der Waals surface area contributed by atoms with Crippen molar-refractivity contribution in [3.63, 3.8) is 0 Å². The molecule has 1 aliphatic rings. The van der Waals surface area contributed by atoms with Gasteiger partial charge in [0, 0.05) is 0 Å². The molecule has 0 amide bonds. The summed E-state index contributed by atoms with van der Waals surface area (Å²) in [5.74, 6) is -1.49. The standard InChI is InChI=1S/C5H5.C4H4N.2C4H9.C2H7Si.4CH3.2ClH.Zr/c2*1-2-4-5-3-1;2*1-4(2)3;1-3-2;;;;;;;/h1-3H,4H2;1-3,5H;2*1-3H3;3H,1-2H3;4*1H3;2*1H;. The number of allylic oxidation sites excluding steroid dienone is 4. The number of aromatic nitrogens is 1. The van der Waals surface area contributed by atoms with Crippen LogP contribution in [0.25, 0.3) is 0 Å². The molecule has 1 aliphatic carbocycles. The molecule has 2 rings (SSSR count). The summed E-state index contributed by atoms with van der Waals surface area (Å²) in [6.07, 6.45) is 10.4. The van der Waals surface area contributed by atoms with Crippen LogP contribution in [0.5, 0.6) is 0 Å². The second-order valence-electron chi connectivity index (χ2n) is 17.5. The van der Waals surface area contributed by atoms with E-state index >= 15 is 0 Å². The maximum atomic E-state index is 3.89. The van der Waals surface area contributed by atoms with Crippen molar-refractivity contribution in [2.24, 2.45) is 0 Å². The molecule has 0 aromatic carbocycles. The monoisotopic (exact) mass is 526 g/mol. The summed E-state index contributed by atoms with van der Waals surface area (Å²) in [6, 6.07) is 4.67. The van der Waals surface area contributed by atoms with E-state index in [0.717, 1.165) is 6.42 Å². The number of rotatable bonds is 3. The first kappa shape index (κ1) is 28.4. The number of hydrogen-bond acceptors (Lipinski definition) is 0.